The fraction of sp³-hybridized carbons (Fsp3) is 0.818. The average Bonchev–Trinajstić information content (AvgIpc) is 2.68. The molecule has 0 N–H and O–H groups in total. The first kappa shape index (κ1) is 23.8. The van der Waals surface area contributed by atoms with Gasteiger partial charge >= 0.3 is 0 Å². The zero-order valence-corrected chi connectivity index (χ0v) is 18.1. The van der Waals surface area contributed by atoms with Gasteiger partial charge in [0.1, 0.15) is 0 Å². The maximum absolute atomic E-state index is 11.6. The van der Waals surface area contributed by atoms with Gasteiger partial charge in [0.2, 0.25) is 24.3 Å². The third kappa shape index (κ3) is 5.16. The summed E-state index contributed by atoms with van der Waals surface area (Å²) in [5.74, 6) is 0.250. The SMILES string of the molecule is CC1(C)CC(C)(CN=C=O)CC(N=C=O)(C2(CN=C=O)CCC(CN=C=O)CC2)C1. The van der Waals surface area contributed by atoms with Gasteiger partial charge in [0.15, 0.2) is 0 Å². The lowest BCUT2D eigenvalue weighted by Gasteiger charge is -2.59. The minimum absolute atomic E-state index is 0.164. The number of nitrogens with zero attached hydrogens (tertiary/aromatic N) is 4. The van der Waals surface area contributed by atoms with Gasteiger partial charge in [0, 0.05) is 5.41 Å². The van der Waals surface area contributed by atoms with Crippen molar-refractivity contribution in [2.75, 3.05) is 19.6 Å². The van der Waals surface area contributed by atoms with Gasteiger partial charge in [-0.15, -0.1) is 0 Å². The molecule has 2 unspecified atom stereocenters. The molecule has 0 aromatic carbocycles. The number of isocyanates is 4. The second kappa shape index (κ2) is 9.55. The molecular weight excluding hydrogens is 384 g/mol. The minimum atomic E-state index is -0.775. The van der Waals surface area contributed by atoms with Crippen LogP contribution in [-0.4, -0.2) is 49.5 Å². The summed E-state index contributed by atoms with van der Waals surface area (Å²) >= 11 is 0. The van der Waals surface area contributed by atoms with Crippen LogP contribution in [0.25, 0.3) is 0 Å². The van der Waals surface area contributed by atoms with Crippen molar-refractivity contribution < 1.29 is 19.2 Å². The van der Waals surface area contributed by atoms with Crippen molar-refractivity contribution in [3.63, 3.8) is 0 Å². The van der Waals surface area contributed by atoms with Crippen LogP contribution >= 0.6 is 0 Å². The van der Waals surface area contributed by atoms with E-state index in [1.54, 1.807) is 18.2 Å². The van der Waals surface area contributed by atoms with Crippen molar-refractivity contribution in [1.82, 2.24) is 0 Å². The standard InChI is InChI=1S/C22H30N4O4/c1-19(2)9-20(3,12-24-15-28)11-22(10-19,26-17-30)21(13-25-16-29)6-4-18(5-7-21)8-23-14-27/h18H,4-13H2,1-3H3. The number of hydrogen-bond donors (Lipinski definition) is 0. The molecule has 8 heteroatoms. The summed E-state index contributed by atoms with van der Waals surface area (Å²) in [5, 5.41) is 0. The van der Waals surface area contributed by atoms with Gasteiger partial charge in [-0.3, -0.25) is 0 Å². The van der Waals surface area contributed by atoms with Crippen LogP contribution in [0.1, 0.15) is 65.7 Å². The van der Waals surface area contributed by atoms with Crippen LogP contribution in [0.2, 0.25) is 0 Å². The molecule has 0 amide bonds. The molecule has 0 aromatic rings. The van der Waals surface area contributed by atoms with E-state index in [0.717, 1.165) is 19.3 Å². The normalized spacial score (nSPS) is 35.0. The molecule has 0 spiro atoms. The Morgan fingerprint density at radius 1 is 0.767 bits per heavy atom. The quantitative estimate of drug-likeness (QED) is 0.446. The topological polar surface area (TPSA) is 118 Å². The molecule has 30 heavy (non-hydrogen) atoms. The van der Waals surface area contributed by atoms with Crippen LogP contribution in [0, 0.1) is 22.2 Å². The van der Waals surface area contributed by atoms with Gasteiger partial charge in [0.25, 0.3) is 0 Å². The van der Waals surface area contributed by atoms with Gasteiger partial charge in [0.05, 0.1) is 25.2 Å². The molecule has 0 radical (unpaired) electrons. The zero-order valence-electron chi connectivity index (χ0n) is 18.1. The first-order valence-corrected chi connectivity index (χ1v) is 10.4. The highest BCUT2D eigenvalue weighted by Gasteiger charge is 2.60. The Bertz CT molecular complexity index is 822. The second-order valence-corrected chi connectivity index (χ2v) is 10.2. The van der Waals surface area contributed by atoms with Gasteiger partial charge in [-0.1, -0.05) is 20.8 Å². The molecule has 2 fully saturated rings. The first-order chi connectivity index (χ1) is 14.2. The van der Waals surface area contributed by atoms with E-state index >= 15 is 0 Å². The molecule has 0 aliphatic heterocycles. The molecule has 0 saturated heterocycles. The van der Waals surface area contributed by atoms with E-state index < -0.39 is 11.0 Å². The fourth-order valence-corrected chi connectivity index (χ4v) is 6.37. The third-order valence-corrected chi connectivity index (χ3v) is 7.09. The van der Waals surface area contributed by atoms with Crippen LogP contribution in [0.4, 0.5) is 0 Å². The molecule has 0 heterocycles. The van der Waals surface area contributed by atoms with Crippen molar-refractivity contribution in [2.45, 2.75) is 71.3 Å². The highest BCUT2D eigenvalue weighted by Crippen LogP contribution is 2.61. The third-order valence-electron chi connectivity index (χ3n) is 7.09. The number of hydrogen-bond acceptors (Lipinski definition) is 8. The molecule has 2 saturated carbocycles. The molecule has 2 rings (SSSR count). The van der Waals surface area contributed by atoms with Crippen molar-refractivity contribution >= 4 is 24.3 Å². The lowest BCUT2D eigenvalue weighted by atomic mass is 9.48. The Kier molecular flexibility index (Phi) is 7.58. The number of rotatable bonds is 8. The highest BCUT2D eigenvalue weighted by atomic mass is 16.1. The maximum Gasteiger partial charge on any atom is 0.235 e. The summed E-state index contributed by atoms with van der Waals surface area (Å²) in [6, 6.07) is 0. The molecule has 0 bridgehead atoms. The molecule has 162 valence electrons. The highest BCUT2D eigenvalue weighted by molar-refractivity contribution is 5.38. The lowest BCUT2D eigenvalue weighted by Crippen LogP contribution is -2.58. The van der Waals surface area contributed by atoms with Crippen LogP contribution in [0.5, 0.6) is 0 Å². The summed E-state index contributed by atoms with van der Waals surface area (Å²) < 4.78 is 0. The summed E-state index contributed by atoms with van der Waals surface area (Å²) in [5.41, 5.74) is -1.80. The van der Waals surface area contributed by atoms with Crippen molar-refractivity contribution in [3.05, 3.63) is 0 Å². The lowest BCUT2D eigenvalue weighted by molar-refractivity contribution is -0.0491. The van der Waals surface area contributed by atoms with E-state index in [9.17, 15) is 19.2 Å². The molecule has 8 nitrogen and oxygen atoms in total. The van der Waals surface area contributed by atoms with E-state index in [1.165, 1.54) is 0 Å². The molecule has 2 aliphatic carbocycles. The predicted molar refractivity (Wildman–Crippen MR) is 110 cm³/mol. The van der Waals surface area contributed by atoms with Crippen LogP contribution in [0.15, 0.2) is 20.0 Å². The average molecular weight is 415 g/mol. The van der Waals surface area contributed by atoms with Crippen molar-refractivity contribution in [2.24, 2.45) is 42.1 Å². The minimum Gasteiger partial charge on any atom is -0.211 e. The number of carbonyl (C=O) groups excluding carboxylic acids is 4. The summed E-state index contributed by atoms with van der Waals surface area (Å²) in [6.45, 7) is 7.29. The smallest absolute Gasteiger partial charge is 0.211 e. The van der Waals surface area contributed by atoms with Crippen molar-refractivity contribution in [1.29, 1.82) is 0 Å². The van der Waals surface area contributed by atoms with E-state index in [0.29, 0.717) is 38.8 Å². The molecule has 2 aliphatic rings. The predicted octanol–water partition coefficient (Wildman–Crippen LogP) is 3.46. The Labute approximate surface area is 177 Å². The summed E-state index contributed by atoms with van der Waals surface area (Å²) in [4.78, 5) is 59.9. The van der Waals surface area contributed by atoms with Gasteiger partial charge in [-0.25, -0.2) is 34.2 Å². The fourth-order valence-electron chi connectivity index (χ4n) is 6.37. The van der Waals surface area contributed by atoms with E-state index in [4.69, 9.17) is 0 Å². The van der Waals surface area contributed by atoms with E-state index in [-0.39, 0.29) is 23.3 Å². The maximum atomic E-state index is 11.6. The Hall–Kier alpha value is -2.48. The molecule has 0 aromatic heterocycles. The molecular formula is C22H30N4O4. The zero-order chi connectivity index (χ0) is 22.3. The Morgan fingerprint density at radius 3 is 1.93 bits per heavy atom. The van der Waals surface area contributed by atoms with Crippen LogP contribution in [0.3, 0.4) is 0 Å². The van der Waals surface area contributed by atoms with Gasteiger partial charge in [-0.05, 0) is 61.7 Å². The van der Waals surface area contributed by atoms with Gasteiger partial charge in [-0.2, -0.15) is 4.99 Å². The van der Waals surface area contributed by atoms with Gasteiger partial charge < -0.3 is 0 Å². The Balaban J connectivity index is 2.52. The van der Waals surface area contributed by atoms with Crippen LogP contribution in [-0.2, 0) is 19.2 Å². The number of aliphatic imine (C=N–C) groups is 4. The van der Waals surface area contributed by atoms with Crippen molar-refractivity contribution in [3.8, 4) is 0 Å². The van der Waals surface area contributed by atoms with E-state index in [1.807, 2.05) is 6.08 Å². The first-order valence-electron chi connectivity index (χ1n) is 10.4. The monoisotopic (exact) mass is 414 g/mol. The summed E-state index contributed by atoms with van der Waals surface area (Å²) in [7, 11) is 0. The summed E-state index contributed by atoms with van der Waals surface area (Å²) in [6.07, 6.45) is 11.7. The molecule has 2 atom stereocenters. The second-order valence-electron chi connectivity index (χ2n) is 10.2. The van der Waals surface area contributed by atoms with Crippen LogP contribution < -0.4 is 0 Å². The largest absolute Gasteiger partial charge is 0.235 e. The van der Waals surface area contributed by atoms with E-state index in [2.05, 4.69) is 40.7 Å². The Morgan fingerprint density at radius 2 is 1.37 bits per heavy atom.